The van der Waals surface area contributed by atoms with Crippen LogP contribution < -0.4 is 20.2 Å². The first-order chi connectivity index (χ1) is 13.2. The Balaban J connectivity index is 1.98. The number of nitrogens with one attached hydrogen (secondary N) is 2. The third-order valence-electron chi connectivity index (χ3n) is 3.23. The number of alkyl halides is 5. The zero-order valence-electron chi connectivity index (χ0n) is 14.3. The lowest BCUT2D eigenvalue weighted by molar-refractivity contribution is -0.137. The number of nitrogens with zero attached hydrogens (tertiary/aromatic N) is 1. The van der Waals surface area contributed by atoms with Gasteiger partial charge in [-0.3, -0.25) is 5.43 Å². The molecule has 2 aromatic carbocycles. The predicted molar refractivity (Wildman–Crippen MR) is 98.0 cm³/mol. The quantitative estimate of drug-likeness (QED) is 0.309. The third-order valence-corrected chi connectivity index (χ3v) is 3.42. The van der Waals surface area contributed by atoms with Gasteiger partial charge in [-0.15, -0.1) is 0 Å². The third kappa shape index (κ3) is 6.34. The van der Waals surface area contributed by atoms with E-state index in [1.54, 1.807) is 0 Å². The number of hydrazone groups is 1. The fourth-order valence-corrected chi connectivity index (χ4v) is 2.23. The largest absolute Gasteiger partial charge is 0.493 e. The van der Waals surface area contributed by atoms with Gasteiger partial charge in [0.15, 0.2) is 16.6 Å². The number of ether oxygens (including phenoxy) is 2. The van der Waals surface area contributed by atoms with E-state index in [1.807, 2.05) is 0 Å². The Labute approximate surface area is 162 Å². The molecule has 0 unspecified atom stereocenters. The van der Waals surface area contributed by atoms with Crippen molar-refractivity contribution < 1.29 is 31.4 Å². The molecule has 150 valence electrons. The van der Waals surface area contributed by atoms with Gasteiger partial charge in [-0.05, 0) is 54.2 Å². The van der Waals surface area contributed by atoms with Crippen molar-refractivity contribution in [3.05, 3.63) is 53.6 Å². The van der Waals surface area contributed by atoms with Gasteiger partial charge in [-0.25, -0.2) is 0 Å². The molecular formula is C17H14F5N3O2S. The summed E-state index contributed by atoms with van der Waals surface area (Å²) in [5, 5.41) is 6.36. The van der Waals surface area contributed by atoms with E-state index < -0.39 is 18.4 Å². The second kappa shape index (κ2) is 9.31. The minimum Gasteiger partial charge on any atom is -0.493 e. The van der Waals surface area contributed by atoms with Crippen LogP contribution in [0.25, 0.3) is 0 Å². The molecule has 0 aliphatic carbocycles. The lowest BCUT2D eigenvalue weighted by atomic mass is 10.2. The minimum atomic E-state index is -4.47. The van der Waals surface area contributed by atoms with E-state index in [0.717, 1.165) is 12.1 Å². The monoisotopic (exact) mass is 419 g/mol. The Morgan fingerprint density at radius 2 is 1.89 bits per heavy atom. The Bertz CT molecular complexity index is 859. The molecule has 0 aliphatic heterocycles. The second-order valence-corrected chi connectivity index (χ2v) is 5.60. The summed E-state index contributed by atoms with van der Waals surface area (Å²) >= 11 is 4.96. The molecular weight excluding hydrogens is 405 g/mol. The molecule has 0 spiro atoms. The summed E-state index contributed by atoms with van der Waals surface area (Å²) < 4.78 is 72.0. The number of thiocarbonyl (C=S) groups is 1. The first kappa shape index (κ1) is 21.4. The fourth-order valence-electron chi connectivity index (χ4n) is 2.06. The molecule has 0 bridgehead atoms. The van der Waals surface area contributed by atoms with Crippen molar-refractivity contribution in [3.63, 3.8) is 0 Å². The van der Waals surface area contributed by atoms with Gasteiger partial charge >= 0.3 is 12.8 Å². The molecule has 5 nitrogen and oxygen atoms in total. The van der Waals surface area contributed by atoms with Crippen molar-refractivity contribution in [2.75, 3.05) is 12.4 Å². The number of halogens is 5. The summed E-state index contributed by atoms with van der Waals surface area (Å²) in [7, 11) is 1.29. The van der Waals surface area contributed by atoms with Gasteiger partial charge in [-0.2, -0.15) is 27.1 Å². The lowest BCUT2D eigenvalue weighted by Crippen LogP contribution is -2.24. The van der Waals surface area contributed by atoms with Crippen LogP contribution in [0.5, 0.6) is 11.5 Å². The van der Waals surface area contributed by atoms with E-state index in [0.29, 0.717) is 5.56 Å². The average Bonchev–Trinajstić information content (AvgIpc) is 2.62. The van der Waals surface area contributed by atoms with Crippen LogP contribution in [0.2, 0.25) is 0 Å². The maximum atomic E-state index is 12.7. The normalized spacial score (nSPS) is 11.5. The zero-order chi connectivity index (χ0) is 20.7. The van der Waals surface area contributed by atoms with Gasteiger partial charge in [0.05, 0.1) is 18.9 Å². The van der Waals surface area contributed by atoms with Gasteiger partial charge < -0.3 is 14.8 Å². The highest BCUT2D eigenvalue weighted by Gasteiger charge is 2.30. The average molecular weight is 419 g/mol. The van der Waals surface area contributed by atoms with Crippen LogP contribution >= 0.6 is 12.2 Å². The molecule has 28 heavy (non-hydrogen) atoms. The molecule has 0 amide bonds. The number of hydrogen-bond acceptors (Lipinski definition) is 4. The molecule has 0 heterocycles. The van der Waals surface area contributed by atoms with Crippen molar-refractivity contribution in [1.29, 1.82) is 0 Å². The van der Waals surface area contributed by atoms with Crippen molar-refractivity contribution in [3.8, 4) is 11.5 Å². The number of benzene rings is 2. The number of methoxy groups -OCH3 is 1. The predicted octanol–water partition coefficient (Wildman–Crippen LogP) is 4.64. The van der Waals surface area contributed by atoms with E-state index >= 15 is 0 Å². The number of anilines is 1. The van der Waals surface area contributed by atoms with Crippen LogP contribution in [0.4, 0.5) is 27.6 Å². The van der Waals surface area contributed by atoms with E-state index in [1.165, 1.54) is 43.7 Å². The molecule has 0 fully saturated rings. The van der Waals surface area contributed by atoms with E-state index in [4.69, 9.17) is 17.0 Å². The van der Waals surface area contributed by atoms with Crippen molar-refractivity contribution >= 4 is 29.2 Å². The molecule has 0 saturated heterocycles. The topological polar surface area (TPSA) is 54.9 Å². The molecule has 0 saturated carbocycles. The highest BCUT2D eigenvalue weighted by atomic mass is 32.1. The Hall–Kier alpha value is -2.95. The van der Waals surface area contributed by atoms with Crippen LogP contribution in [0.1, 0.15) is 11.1 Å². The minimum absolute atomic E-state index is 0.0415. The molecule has 11 heteroatoms. The zero-order valence-corrected chi connectivity index (χ0v) is 15.1. The summed E-state index contributed by atoms with van der Waals surface area (Å²) in [4.78, 5) is 0. The van der Waals surface area contributed by atoms with Gasteiger partial charge in [-0.1, -0.05) is 6.07 Å². The molecule has 2 aromatic rings. The summed E-state index contributed by atoms with van der Waals surface area (Å²) in [6.45, 7) is -2.99. The lowest BCUT2D eigenvalue weighted by Gasteiger charge is -2.11. The first-order valence-electron chi connectivity index (χ1n) is 7.59. The van der Waals surface area contributed by atoms with Crippen LogP contribution in [0, 0.1) is 0 Å². The number of rotatable bonds is 6. The Morgan fingerprint density at radius 3 is 2.54 bits per heavy atom. The summed E-state index contributed by atoms with van der Waals surface area (Å²) in [5.41, 5.74) is 2.24. The Morgan fingerprint density at radius 1 is 1.14 bits per heavy atom. The SMILES string of the molecule is COc1cc(/C=N/NC(=S)Nc2cccc(C(F)(F)F)c2)ccc1OC(F)F. The van der Waals surface area contributed by atoms with E-state index in [9.17, 15) is 22.0 Å². The second-order valence-electron chi connectivity index (χ2n) is 5.19. The highest BCUT2D eigenvalue weighted by molar-refractivity contribution is 7.80. The van der Waals surface area contributed by atoms with Gasteiger partial charge in [0.25, 0.3) is 0 Å². The van der Waals surface area contributed by atoms with Crippen LogP contribution in [0.15, 0.2) is 47.6 Å². The first-order valence-corrected chi connectivity index (χ1v) is 8.00. The van der Waals surface area contributed by atoms with Crippen molar-refractivity contribution in [1.82, 2.24) is 5.43 Å². The number of hydrogen-bond donors (Lipinski definition) is 2. The summed E-state index contributed by atoms with van der Waals surface area (Å²) in [6, 6.07) is 8.65. The molecule has 2 N–H and O–H groups in total. The summed E-state index contributed by atoms with van der Waals surface area (Å²) in [6.07, 6.45) is -3.15. The standard InChI is InChI=1S/C17H14F5N3O2S/c1-26-14-7-10(5-6-13(14)27-15(18)19)9-23-25-16(28)24-12-4-2-3-11(8-12)17(20,21)22/h2-9,15H,1H3,(H2,24,25,28)/b23-9+. The molecule has 0 atom stereocenters. The molecule has 2 rings (SSSR count). The van der Waals surface area contributed by atoms with Crippen LogP contribution in [-0.4, -0.2) is 25.0 Å². The Kier molecular flexibility index (Phi) is 7.10. The fraction of sp³-hybridized carbons (Fsp3) is 0.176. The molecule has 0 aromatic heterocycles. The van der Waals surface area contributed by atoms with E-state index in [-0.39, 0.29) is 22.3 Å². The molecule has 0 radical (unpaired) electrons. The molecule has 0 aliphatic rings. The van der Waals surface area contributed by atoms with Gasteiger partial charge in [0, 0.05) is 5.69 Å². The van der Waals surface area contributed by atoms with Crippen LogP contribution in [0.3, 0.4) is 0 Å². The summed E-state index contributed by atoms with van der Waals surface area (Å²) in [5.74, 6) is -0.0572. The van der Waals surface area contributed by atoms with Gasteiger partial charge in [0.1, 0.15) is 0 Å². The van der Waals surface area contributed by atoms with Crippen molar-refractivity contribution in [2.24, 2.45) is 5.10 Å². The highest BCUT2D eigenvalue weighted by Crippen LogP contribution is 2.31. The smallest absolute Gasteiger partial charge is 0.416 e. The van der Waals surface area contributed by atoms with Crippen molar-refractivity contribution in [2.45, 2.75) is 12.8 Å². The maximum absolute atomic E-state index is 12.7. The maximum Gasteiger partial charge on any atom is 0.416 e. The van der Waals surface area contributed by atoms with E-state index in [2.05, 4.69) is 20.6 Å². The van der Waals surface area contributed by atoms with Crippen LogP contribution in [-0.2, 0) is 6.18 Å². The van der Waals surface area contributed by atoms with Gasteiger partial charge in [0.2, 0.25) is 0 Å².